The largest absolute Gasteiger partial charge is 0.455 e. The fourth-order valence-electron chi connectivity index (χ4n) is 5.84. The van der Waals surface area contributed by atoms with Crippen molar-refractivity contribution < 1.29 is 9.13 Å². The van der Waals surface area contributed by atoms with Gasteiger partial charge in [0.1, 0.15) is 11.4 Å². The third-order valence-electron chi connectivity index (χ3n) is 7.97. The van der Waals surface area contributed by atoms with Crippen molar-refractivity contribution in [3.63, 3.8) is 0 Å². The van der Waals surface area contributed by atoms with Gasteiger partial charge in [0.2, 0.25) is 0 Å². The number of amidine groups is 1. The summed E-state index contributed by atoms with van der Waals surface area (Å²) in [6, 6.07) is 14.6. The van der Waals surface area contributed by atoms with Crippen molar-refractivity contribution in [3.8, 4) is 0 Å². The number of nitrogens with zero attached hydrogens (tertiary/aromatic N) is 2. The van der Waals surface area contributed by atoms with Crippen LogP contribution >= 0.6 is 0 Å². The number of halogens is 1. The Morgan fingerprint density at radius 1 is 1.03 bits per heavy atom. The first-order valence-electron chi connectivity index (χ1n) is 11.8. The molecule has 2 N–H and O–H groups in total. The van der Waals surface area contributed by atoms with E-state index in [2.05, 4.69) is 23.1 Å². The lowest BCUT2D eigenvalue weighted by Crippen LogP contribution is -2.49. The summed E-state index contributed by atoms with van der Waals surface area (Å²) < 4.78 is 20.2. The highest BCUT2D eigenvalue weighted by Crippen LogP contribution is 2.43. The van der Waals surface area contributed by atoms with Gasteiger partial charge in [-0.15, -0.1) is 0 Å². The highest BCUT2D eigenvalue weighted by molar-refractivity contribution is 5.78. The Labute approximate surface area is 183 Å². The van der Waals surface area contributed by atoms with E-state index in [-0.39, 0.29) is 23.5 Å². The summed E-state index contributed by atoms with van der Waals surface area (Å²) >= 11 is 0. The highest BCUT2D eigenvalue weighted by atomic mass is 19.1. The van der Waals surface area contributed by atoms with Gasteiger partial charge in [0.15, 0.2) is 0 Å². The van der Waals surface area contributed by atoms with Crippen LogP contribution in [0, 0.1) is 5.82 Å². The Balaban J connectivity index is 1.37. The average Bonchev–Trinajstić information content (AvgIpc) is 3.33. The van der Waals surface area contributed by atoms with Gasteiger partial charge in [0, 0.05) is 12.6 Å². The number of ether oxygens (including phenoxy) is 1. The molecule has 31 heavy (non-hydrogen) atoms. The zero-order valence-electron chi connectivity index (χ0n) is 17.9. The van der Waals surface area contributed by atoms with Gasteiger partial charge in [-0.2, -0.15) is 0 Å². The molecule has 0 amide bonds. The molecule has 2 aromatic rings. The minimum absolute atomic E-state index is 0.0219. The third kappa shape index (κ3) is 3.16. The maximum absolute atomic E-state index is 13.7. The first kappa shape index (κ1) is 19.3. The van der Waals surface area contributed by atoms with E-state index < -0.39 is 0 Å². The van der Waals surface area contributed by atoms with Crippen LogP contribution < -0.4 is 5.73 Å². The summed E-state index contributed by atoms with van der Waals surface area (Å²) in [6.45, 7) is 1.48. The number of hydrogen-bond donors (Lipinski definition) is 1. The van der Waals surface area contributed by atoms with Gasteiger partial charge in [-0.1, -0.05) is 36.8 Å². The van der Waals surface area contributed by atoms with Gasteiger partial charge in [-0.05, 0) is 78.8 Å². The van der Waals surface area contributed by atoms with Crippen molar-refractivity contribution in [2.75, 3.05) is 13.1 Å². The Hall–Kier alpha value is -2.40. The molecule has 4 aliphatic rings. The average molecular weight is 420 g/mol. The van der Waals surface area contributed by atoms with Crippen LogP contribution in [-0.4, -0.2) is 35.7 Å². The zero-order valence-corrected chi connectivity index (χ0v) is 17.9. The molecule has 3 atom stereocenters. The topological polar surface area (TPSA) is 50.8 Å². The van der Waals surface area contributed by atoms with E-state index in [1.54, 1.807) is 12.1 Å². The third-order valence-corrected chi connectivity index (χ3v) is 7.97. The van der Waals surface area contributed by atoms with Crippen LogP contribution in [0.1, 0.15) is 72.7 Å². The minimum atomic E-state index is -0.336. The second-order valence-corrected chi connectivity index (χ2v) is 9.75. The standard InChI is InChI=1S/C26H30FN3O/c27-21-9-6-18(7-10-21)24-22-11-8-19(17-3-1-4-17)15-20(22)12-14-30(24)25-29-16-26(31-25)13-2-5-23(26)28/h6-11,15,17,23-24H,1-5,12-14,16,28H2/t23-,24-,26+/m0/s1. The van der Waals surface area contributed by atoms with E-state index in [4.69, 9.17) is 15.5 Å². The van der Waals surface area contributed by atoms with Crippen LogP contribution in [0.3, 0.4) is 0 Å². The summed E-state index contributed by atoms with van der Waals surface area (Å²) in [5.74, 6) is 0.510. The Morgan fingerprint density at radius 2 is 1.84 bits per heavy atom. The van der Waals surface area contributed by atoms with Gasteiger partial charge in [-0.3, -0.25) is 0 Å². The molecule has 5 heteroatoms. The van der Waals surface area contributed by atoms with Gasteiger partial charge in [-0.25, -0.2) is 9.38 Å². The molecule has 2 fully saturated rings. The summed E-state index contributed by atoms with van der Waals surface area (Å²) in [7, 11) is 0. The number of hydrogen-bond acceptors (Lipinski definition) is 4. The first-order valence-corrected chi connectivity index (χ1v) is 11.8. The van der Waals surface area contributed by atoms with Crippen molar-refractivity contribution in [1.82, 2.24) is 4.90 Å². The number of rotatable bonds is 2. The fraction of sp³-hybridized carbons (Fsp3) is 0.500. The monoisotopic (exact) mass is 419 g/mol. The van der Waals surface area contributed by atoms with Crippen molar-refractivity contribution in [1.29, 1.82) is 0 Å². The Bertz CT molecular complexity index is 1020. The number of fused-ring (bicyclic) bond motifs is 1. The van der Waals surface area contributed by atoms with Crippen molar-refractivity contribution in [2.24, 2.45) is 10.7 Å². The van der Waals surface area contributed by atoms with E-state index in [9.17, 15) is 4.39 Å². The van der Waals surface area contributed by atoms with Gasteiger partial charge < -0.3 is 15.4 Å². The second kappa shape index (κ2) is 7.33. The minimum Gasteiger partial charge on any atom is -0.455 e. The van der Waals surface area contributed by atoms with Crippen LogP contribution in [0.15, 0.2) is 47.5 Å². The summed E-state index contributed by atoms with van der Waals surface area (Å²) in [6.07, 6.45) is 7.98. The van der Waals surface area contributed by atoms with Crippen molar-refractivity contribution in [3.05, 3.63) is 70.5 Å². The number of nitrogens with two attached hydrogens (primary N) is 1. The molecule has 0 saturated heterocycles. The molecule has 0 radical (unpaired) electrons. The summed E-state index contributed by atoms with van der Waals surface area (Å²) in [5, 5.41) is 0. The van der Waals surface area contributed by atoms with E-state index >= 15 is 0 Å². The molecule has 6 rings (SSSR count). The quantitative estimate of drug-likeness (QED) is 0.769. The van der Waals surface area contributed by atoms with E-state index in [1.807, 2.05) is 12.1 Å². The Morgan fingerprint density at radius 3 is 2.55 bits per heavy atom. The molecule has 4 nitrogen and oxygen atoms in total. The molecule has 162 valence electrons. The Kier molecular flexibility index (Phi) is 4.57. The van der Waals surface area contributed by atoms with Crippen molar-refractivity contribution >= 4 is 6.02 Å². The SMILES string of the molecule is N[C@H]1CCC[C@@]12CN=C(N1CCc3cc(C4CCC4)ccc3[C@@H]1c1ccc(F)cc1)O2. The molecular formula is C26H30FN3O. The molecule has 2 aliphatic heterocycles. The summed E-state index contributed by atoms with van der Waals surface area (Å²) in [4.78, 5) is 7.12. The van der Waals surface area contributed by atoms with Crippen molar-refractivity contribution in [2.45, 2.75) is 68.5 Å². The summed E-state index contributed by atoms with van der Waals surface area (Å²) in [5.41, 5.74) is 11.3. The van der Waals surface area contributed by atoms with E-state index in [0.29, 0.717) is 12.6 Å². The second-order valence-electron chi connectivity index (χ2n) is 9.75. The van der Waals surface area contributed by atoms with Crippen LogP contribution in [0.2, 0.25) is 0 Å². The van der Waals surface area contributed by atoms with Crippen LogP contribution in [0.5, 0.6) is 0 Å². The lowest BCUT2D eigenvalue weighted by Gasteiger charge is -2.40. The molecule has 2 saturated carbocycles. The lowest BCUT2D eigenvalue weighted by molar-refractivity contribution is 0.0551. The molecule has 2 aromatic carbocycles. The van der Waals surface area contributed by atoms with Crippen LogP contribution in [-0.2, 0) is 11.2 Å². The van der Waals surface area contributed by atoms with Crippen LogP contribution in [0.25, 0.3) is 0 Å². The van der Waals surface area contributed by atoms with E-state index in [1.165, 1.54) is 36.0 Å². The van der Waals surface area contributed by atoms with E-state index in [0.717, 1.165) is 43.7 Å². The lowest BCUT2D eigenvalue weighted by atomic mass is 9.78. The zero-order chi connectivity index (χ0) is 21.0. The highest BCUT2D eigenvalue weighted by Gasteiger charge is 2.49. The number of aliphatic imine (C=N–C) groups is 1. The predicted molar refractivity (Wildman–Crippen MR) is 120 cm³/mol. The van der Waals surface area contributed by atoms with Crippen LogP contribution in [0.4, 0.5) is 4.39 Å². The molecule has 0 unspecified atom stereocenters. The predicted octanol–water partition coefficient (Wildman–Crippen LogP) is 4.68. The smallest absolute Gasteiger partial charge is 0.288 e. The maximum Gasteiger partial charge on any atom is 0.288 e. The van der Waals surface area contributed by atoms with Gasteiger partial charge in [0.05, 0.1) is 12.6 Å². The maximum atomic E-state index is 13.7. The first-order chi connectivity index (χ1) is 15.1. The molecular weight excluding hydrogens is 389 g/mol. The molecule has 0 bridgehead atoms. The normalized spacial score (nSPS) is 30.1. The van der Waals surface area contributed by atoms with Gasteiger partial charge >= 0.3 is 0 Å². The molecule has 1 spiro atoms. The molecule has 2 aliphatic carbocycles. The molecule has 0 aromatic heterocycles. The van der Waals surface area contributed by atoms with Gasteiger partial charge in [0.25, 0.3) is 6.02 Å². The molecule has 2 heterocycles. The fourth-order valence-corrected chi connectivity index (χ4v) is 5.84. The number of benzene rings is 2.